The number of rotatable bonds is 7. The highest BCUT2D eigenvalue weighted by Crippen LogP contribution is 2.33. The highest BCUT2D eigenvalue weighted by molar-refractivity contribution is 6.00. The van der Waals surface area contributed by atoms with Crippen LogP contribution >= 0.6 is 0 Å². The molecule has 2 aliphatic rings. The van der Waals surface area contributed by atoms with Gasteiger partial charge in [0.25, 0.3) is 11.5 Å². The molecule has 0 aliphatic heterocycles. The lowest BCUT2D eigenvalue weighted by Gasteiger charge is -2.35. The largest absolute Gasteiger partial charge is 0.379 e. The van der Waals surface area contributed by atoms with Gasteiger partial charge in [-0.2, -0.15) is 9.61 Å². The Hall–Kier alpha value is -3.47. The summed E-state index contributed by atoms with van der Waals surface area (Å²) in [5.41, 5.74) is 0.752. The maximum absolute atomic E-state index is 13.3. The third kappa shape index (κ3) is 3.82. The summed E-state index contributed by atoms with van der Waals surface area (Å²) in [6.07, 6.45) is 4.76. The van der Waals surface area contributed by atoms with Gasteiger partial charge in [-0.25, -0.2) is 9.37 Å². The van der Waals surface area contributed by atoms with Crippen LogP contribution in [0.4, 0.5) is 21.7 Å². The van der Waals surface area contributed by atoms with Gasteiger partial charge < -0.3 is 25.3 Å². The van der Waals surface area contributed by atoms with E-state index in [-0.39, 0.29) is 29.7 Å². The molecule has 0 bridgehead atoms. The first-order valence-electron chi connectivity index (χ1n) is 11.0. The number of ether oxygens (including phenoxy) is 1. The summed E-state index contributed by atoms with van der Waals surface area (Å²) in [7, 11) is 3.37. The van der Waals surface area contributed by atoms with E-state index in [2.05, 4.69) is 26.0 Å². The van der Waals surface area contributed by atoms with E-state index in [9.17, 15) is 14.0 Å². The summed E-state index contributed by atoms with van der Waals surface area (Å²) >= 11 is 0. The number of aromatic nitrogens is 4. The predicted octanol–water partition coefficient (Wildman–Crippen LogP) is 2.26. The molecule has 0 saturated heterocycles. The monoisotopic (exact) mass is 455 g/mol. The lowest BCUT2D eigenvalue weighted by atomic mass is 9.89. The molecule has 33 heavy (non-hydrogen) atoms. The highest BCUT2D eigenvalue weighted by atomic mass is 19.1. The zero-order valence-corrected chi connectivity index (χ0v) is 18.4. The van der Waals surface area contributed by atoms with Crippen molar-refractivity contribution in [1.82, 2.24) is 24.5 Å². The Morgan fingerprint density at radius 2 is 2.12 bits per heavy atom. The number of methoxy groups -OCH3 is 1. The second-order valence-electron chi connectivity index (χ2n) is 8.48. The third-order valence-corrected chi connectivity index (χ3v) is 6.49. The van der Waals surface area contributed by atoms with E-state index in [0.717, 1.165) is 12.8 Å². The summed E-state index contributed by atoms with van der Waals surface area (Å²) in [5, 5.41) is 13.4. The van der Waals surface area contributed by atoms with Gasteiger partial charge in [-0.15, -0.1) is 0 Å². The summed E-state index contributed by atoms with van der Waals surface area (Å²) in [6.45, 7) is 0. The molecule has 0 unspecified atom stereocenters. The molecule has 2 aliphatic carbocycles. The predicted molar refractivity (Wildman–Crippen MR) is 121 cm³/mol. The highest BCUT2D eigenvalue weighted by Gasteiger charge is 2.33. The maximum Gasteiger partial charge on any atom is 0.274 e. The normalized spacial score (nSPS) is 24.1. The van der Waals surface area contributed by atoms with Gasteiger partial charge in [0, 0.05) is 32.5 Å². The molecule has 2 saturated carbocycles. The van der Waals surface area contributed by atoms with Gasteiger partial charge in [-0.3, -0.25) is 9.59 Å². The molecule has 174 valence electrons. The fraction of sp³-hybridized carbons (Fsp3) is 0.455. The van der Waals surface area contributed by atoms with E-state index in [0.29, 0.717) is 41.4 Å². The number of anilines is 3. The molecule has 2 fully saturated rings. The minimum atomic E-state index is -0.855. The van der Waals surface area contributed by atoms with Crippen LogP contribution in [0.15, 0.2) is 35.4 Å². The molecule has 3 N–H and O–H groups in total. The van der Waals surface area contributed by atoms with Crippen molar-refractivity contribution < 1.29 is 13.9 Å². The fourth-order valence-electron chi connectivity index (χ4n) is 4.31. The number of nitrogens with one attached hydrogen (secondary N) is 3. The summed E-state index contributed by atoms with van der Waals surface area (Å²) in [5.74, 6) is 0.693. The molecular weight excluding hydrogens is 429 g/mol. The molecule has 1 amide bonds. The Morgan fingerprint density at radius 3 is 2.79 bits per heavy atom. The Labute approximate surface area is 189 Å². The van der Waals surface area contributed by atoms with Gasteiger partial charge in [0.2, 0.25) is 0 Å². The molecule has 3 aromatic rings. The van der Waals surface area contributed by atoms with Crippen LogP contribution in [0.3, 0.4) is 0 Å². The molecular formula is C22H26FN7O3. The van der Waals surface area contributed by atoms with Crippen molar-refractivity contribution in [3.63, 3.8) is 0 Å². The van der Waals surface area contributed by atoms with Crippen LogP contribution in [0, 0.1) is 0 Å². The lowest BCUT2D eigenvalue weighted by Crippen LogP contribution is -2.51. The van der Waals surface area contributed by atoms with Gasteiger partial charge >= 0.3 is 0 Å². The third-order valence-electron chi connectivity index (χ3n) is 6.49. The summed E-state index contributed by atoms with van der Waals surface area (Å²) < 4.78 is 21.7. The van der Waals surface area contributed by atoms with E-state index in [1.807, 2.05) is 0 Å². The number of nitrogens with zero attached hydrogens (tertiary/aromatic N) is 4. The second kappa shape index (κ2) is 8.47. The number of amides is 1. The number of alkyl halides is 1. The number of fused-ring (bicyclic) bond motifs is 1. The van der Waals surface area contributed by atoms with Crippen molar-refractivity contribution in [2.75, 3.05) is 24.8 Å². The first-order chi connectivity index (χ1) is 16.0. The van der Waals surface area contributed by atoms with Gasteiger partial charge in [-0.05, 0) is 37.8 Å². The first-order valence-corrected chi connectivity index (χ1v) is 11.0. The molecule has 11 heteroatoms. The quantitative estimate of drug-likeness (QED) is 0.501. The fourth-order valence-corrected chi connectivity index (χ4v) is 4.31. The Bertz CT molecular complexity index is 1250. The molecule has 10 nitrogen and oxygen atoms in total. The van der Waals surface area contributed by atoms with Crippen LogP contribution in [0.5, 0.6) is 0 Å². The standard InChI is InChI=1S/C22H26FN7O3/c1-24-19-10-18(26-16-4-3-7-29(22(16)32)13-8-12(23)9-13)28-20-14(11-25-30(19)20)21(31)27-15-5-6-17(15)33-2/h3-4,7,10-13,15,17,24H,5-6,8-9H2,1-2H3,(H,26,28)(H,27,31)/t12-,13-,15-,17-/m1/s1. The SMILES string of the molecule is CNc1cc(Nc2cccn([C@H]3C[C@H](F)C3)c2=O)nc2c(C(=O)N[C@@H]3CC[C@H]3OC)cnn12. The molecule has 0 spiro atoms. The van der Waals surface area contributed by atoms with Crippen LogP contribution in [0.25, 0.3) is 5.65 Å². The van der Waals surface area contributed by atoms with Crippen LogP contribution in [-0.2, 0) is 4.74 Å². The molecule has 5 rings (SSSR count). The Morgan fingerprint density at radius 1 is 1.30 bits per heavy atom. The lowest BCUT2D eigenvalue weighted by molar-refractivity contribution is 0.00732. The number of carbonyl (C=O) groups is 1. The smallest absolute Gasteiger partial charge is 0.274 e. The van der Waals surface area contributed by atoms with E-state index < -0.39 is 6.17 Å². The topological polar surface area (TPSA) is 115 Å². The zero-order valence-electron chi connectivity index (χ0n) is 18.4. The number of carbonyl (C=O) groups excluding carboxylic acids is 1. The van der Waals surface area contributed by atoms with Crippen molar-refractivity contribution in [2.45, 2.75) is 50.0 Å². The Balaban J connectivity index is 1.45. The van der Waals surface area contributed by atoms with Crippen LogP contribution < -0.4 is 21.5 Å². The number of hydrogen-bond acceptors (Lipinski definition) is 7. The van der Waals surface area contributed by atoms with Crippen molar-refractivity contribution in [2.24, 2.45) is 0 Å². The molecule has 0 aromatic carbocycles. The van der Waals surface area contributed by atoms with Crippen LogP contribution in [0.1, 0.15) is 42.1 Å². The van der Waals surface area contributed by atoms with E-state index in [1.165, 1.54) is 10.7 Å². The van der Waals surface area contributed by atoms with Crippen LogP contribution in [-0.4, -0.2) is 57.5 Å². The van der Waals surface area contributed by atoms with Gasteiger partial charge in [0.15, 0.2) is 5.65 Å². The average molecular weight is 455 g/mol. The molecule has 3 heterocycles. The van der Waals surface area contributed by atoms with Gasteiger partial charge in [0.05, 0.1) is 18.3 Å². The number of halogens is 1. The average Bonchev–Trinajstić information content (AvgIpc) is 3.20. The van der Waals surface area contributed by atoms with Crippen molar-refractivity contribution in [3.8, 4) is 0 Å². The van der Waals surface area contributed by atoms with Gasteiger partial charge in [-0.1, -0.05) is 0 Å². The van der Waals surface area contributed by atoms with Crippen molar-refractivity contribution in [3.05, 3.63) is 46.5 Å². The molecule has 2 atom stereocenters. The number of hydrogen-bond donors (Lipinski definition) is 3. The Kier molecular flexibility index (Phi) is 5.49. The first kappa shape index (κ1) is 21.4. The van der Waals surface area contributed by atoms with Crippen LogP contribution in [0.2, 0.25) is 0 Å². The second-order valence-corrected chi connectivity index (χ2v) is 8.48. The molecule has 3 aromatic heterocycles. The summed E-state index contributed by atoms with van der Waals surface area (Å²) in [4.78, 5) is 30.4. The number of pyridine rings is 1. The minimum absolute atomic E-state index is 0.0115. The van der Waals surface area contributed by atoms with Crippen molar-refractivity contribution in [1.29, 1.82) is 0 Å². The van der Waals surface area contributed by atoms with E-state index in [1.54, 1.807) is 43.1 Å². The van der Waals surface area contributed by atoms with E-state index in [4.69, 9.17) is 4.74 Å². The zero-order chi connectivity index (χ0) is 23.1. The van der Waals surface area contributed by atoms with E-state index >= 15 is 0 Å². The minimum Gasteiger partial charge on any atom is -0.379 e. The molecule has 0 radical (unpaired) electrons. The van der Waals surface area contributed by atoms with Crippen molar-refractivity contribution >= 4 is 28.9 Å². The maximum atomic E-state index is 13.3. The van der Waals surface area contributed by atoms with Gasteiger partial charge in [0.1, 0.15) is 29.1 Å². The summed E-state index contributed by atoms with van der Waals surface area (Å²) in [6, 6.07) is 4.92.